The fourth-order valence-electron chi connectivity index (χ4n) is 2.40. The zero-order chi connectivity index (χ0) is 17.8. The Morgan fingerprint density at radius 2 is 1.80 bits per heavy atom. The molecule has 0 radical (unpaired) electrons. The fourth-order valence-corrected chi connectivity index (χ4v) is 3.08. The predicted octanol–water partition coefficient (Wildman–Crippen LogP) is 3.66. The highest BCUT2D eigenvalue weighted by Crippen LogP contribution is 2.22. The molecule has 5 nitrogen and oxygen atoms in total. The van der Waals surface area contributed by atoms with Gasteiger partial charge in [0.25, 0.3) is 5.91 Å². The first kappa shape index (κ1) is 16.9. The third kappa shape index (κ3) is 3.44. The van der Waals surface area contributed by atoms with E-state index in [1.54, 1.807) is 55.7 Å². The summed E-state index contributed by atoms with van der Waals surface area (Å²) in [5.41, 5.74) is 1.37. The number of methoxy groups -OCH3 is 1. The van der Waals surface area contributed by atoms with Crippen molar-refractivity contribution >= 4 is 28.7 Å². The van der Waals surface area contributed by atoms with Crippen LogP contribution in [0.1, 0.15) is 25.6 Å². The molecule has 0 bridgehead atoms. The largest absolute Gasteiger partial charge is 0.481 e. The molecule has 3 aromatic rings. The molecule has 0 saturated heterocycles. The van der Waals surface area contributed by atoms with Gasteiger partial charge in [0.2, 0.25) is 11.7 Å². The first-order valence-electron chi connectivity index (χ1n) is 7.57. The van der Waals surface area contributed by atoms with Gasteiger partial charge in [0.1, 0.15) is 0 Å². The molecule has 0 aliphatic carbocycles. The first-order valence-corrected chi connectivity index (χ1v) is 8.45. The van der Waals surface area contributed by atoms with E-state index in [1.807, 2.05) is 11.4 Å². The number of thiophene rings is 1. The molecular weight excluding hydrogens is 336 g/mol. The number of benzene rings is 1. The van der Waals surface area contributed by atoms with Crippen LogP contribution in [-0.4, -0.2) is 30.8 Å². The van der Waals surface area contributed by atoms with E-state index in [0.717, 1.165) is 0 Å². The highest BCUT2D eigenvalue weighted by Gasteiger charge is 2.22. The minimum absolute atomic E-state index is 0.153. The van der Waals surface area contributed by atoms with Crippen molar-refractivity contribution in [1.29, 1.82) is 0 Å². The van der Waals surface area contributed by atoms with Crippen LogP contribution in [-0.2, 0) is 0 Å². The van der Waals surface area contributed by atoms with Gasteiger partial charge in [-0.1, -0.05) is 24.3 Å². The van der Waals surface area contributed by atoms with Crippen molar-refractivity contribution in [2.75, 3.05) is 19.1 Å². The van der Waals surface area contributed by atoms with Crippen LogP contribution < -0.4 is 9.64 Å². The summed E-state index contributed by atoms with van der Waals surface area (Å²) in [5, 5.41) is 1.84. The summed E-state index contributed by atoms with van der Waals surface area (Å²) in [6.07, 6.45) is 1.56. The minimum atomic E-state index is -0.271. The van der Waals surface area contributed by atoms with Crippen molar-refractivity contribution in [2.45, 2.75) is 0 Å². The van der Waals surface area contributed by atoms with Crippen LogP contribution in [0.15, 0.2) is 60.1 Å². The highest BCUT2D eigenvalue weighted by molar-refractivity contribution is 7.12. The molecule has 3 rings (SSSR count). The molecule has 0 aliphatic heterocycles. The smallest absolute Gasteiger partial charge is 0.258 e. The van der Waals surface area contributed by atoms with Gasteiger partial charge in [-0.15, -0.1) is 11.3 Å². The summed E-state index contributed by atoms with van der Waals surface area (Å²) in [4.78, 5) is 31.8. The molecule has 1 aromatic carbocycles. The van der Waals surface area contributed by atoms with Crippen molar-refractivity contribution in [3.63, 3.8) is 0 Å². The number of hydrogen-bond donors (Lipinski definition) is 0. The molecule has 0 unspecified atom stereocenters. The number of nitrogens with zero attached hydrogens (tertiary/aromatic N) is 2. The third-order valence-corrected chi connectivity index (χ3v) is 4.64. The number of ketones is 1. The van der Waals surface area contributed by atoms with E-state index in [-0.39, 0.29) is 11.7 Å². The second kappa shape index (κ2) is 7.27. The summed E-state index contributed by atoms with van der Waals surface area (Å²) in [6.45, 7) is 0. The number of anilines is 1. The average Bonchev–Trinajstić information content (AvgIpc) is 3.21. The summed E-state index contributed by atoms with van der Waals surface area (Å²) in [5.74, 6) is 0.0468. The molecule has 126 valence electrons. The van der Waals surface area contributed by atoms with Crippen LogP contribution in [0.2, 0.25) is 0 Å². The first-order chi connectivity index (χ1) is 12.1. The summed E-state index contributed by atoms with van der Waals surface area (Å²) < 4.78 is 5.03. The average molecular weight is 352 g/mol. The summed E-state index contributed by atoms with van der Waals surface area (Å²) in [6, 6.07) is 13.8. The van der Waals surface area contributed by atoms with Crippen LogP contribution in [0.5, 0.6) is 5.88 Å². The number of pyridine rings is 1. The van der Waals surface area contributed by atoms with Crippen LogP contribution in [0, 0.1) is 0 Å². The maximum Gasteiger partial charge on any atom is 0.258 e. The number of ether oxygens (including phenoxy) is 1. The third-order valence-electron chi connectivity index (χ3n) is 3.77. The van der Waals surface area contributed by atoms with Crippen molar-refractivity contribution in [2.24, 2.45) is 0 Å². The van der Waals surface area contributed by atoms with E-state index in [4.69, 9.17) is 4.74 Å². The second-order valence-corrected chi connectivity index (χ2v) is 6.22. The Kier molecular flexibility index (Phi) is 4.90. The maximum atomic E-state index is 12.9. The lowest BCUT2D eigenvalue weighted by molar-refractivity contribution is 0.0976. The monoisotopic (exact) mass is 352 g/mol. The van der Waals surface area contributed by atoms with Crippen molar-refractivity contribution in [1.82, 2.24) is 4.98 Å². The second-order valence-electron chi connectivity index (χ2n) is 5.27. The topological polar surface area (TPSA) is 59.5 Å². The van der Waals surface area contributed by atoms with E-state index >= 15 is 0 Å². The Balaban J connectivity index is 1.93. The van der Waals surface area contributed by atoms with Gasteiger partial charge in [0.05, 0.1) is 29.4 Å². The lowest BCUT2D eigenvalue weighted by Crippen LogP contribution is -2.28. The molecular formula is C19H16N2O3S. The molecule has 2 heterocycles. The zero-order valence-electron chi connectivity index (χ0n) is 13.8. The van der Waals surface area contributed by atoms with Gasteiger partial charge in [-0.3, -0.25) is 9.59 Å². The molecule has 1 amide bonds. The molecule has 0 spiro atoms. The Hall–Kier alpha value is -2.99. The van der Waals surface area contributed by atoms with Gasteiger partial charge in [-0.2, -0.15) is 0 Å². The van der Waals surface area contributed by atoms with Crippen LogP contribution in [0.25, 0.3) is 0 Å². The molecule has 0 aliphatic rings. The van der Waals surface area contributed by atoms with Crippen molar-refractivity contribution in [3.05, 3.63) is 76.1 Å². The van der Waals surface area contributed by atoms with Gasteiger partial charge in [-0.05, 0) is 23.6 Å². The SMILES string of the molecule is COc1ccc(N(C)C(=O)c2ccccc2C(=O)c2cccs2)cn1. The van der Waals surface area contributed by atoms with Crippen molar-refractivity contribution < 1.29 is 14.3 Å². The highest BCUT2D eigenvalue weighted by atomic mass is 32.1. The van der Waals surface area contributed by atoms with E-state index in [2.05, 4.69) is 4.98 Å². The molecule has 25 heavy (non-hydrogen) atoms. The molecule has 6 heteroatoms. The van der Waals surface area contributed by atoms with Gasteiger partial charge < -0.3 is 9.64 Å². The van der Waals surface area contributed by atoms with E-state index in [9.17, 15) is 9.59 Å². The van der Waals surface area contributed by atoms with E-state index in [0.29, 0.717) is 27.6 Å². The molecule has 0 N–H and O–H groups in total. The number of aromatic nitrogens is 1. The number of rotatable bonds is 5. The Labute approximate surface area is 149 Å². The van der Waals surface area contributed by atoms with Gasteiger partial charge in [0.15, 0.2) is 0 Å². The van der Waals surface area contributed by atoms with Crippen molar-refractivity contribution in [3.8, 4) is 5.88 Å². The Morgan fingerprint density at radius 1 is 1.04 bits per heavy atom. The summed E-state index contributed by atoms with van der Waals surface area (Å²) in [7, 11) is 3.18. The number of amides is 1. The van der Waals surface area contributed by atoms with Crippen LogP contribution in [0.4, 0.5) is 5.69 Å². The molecule has 0 fully saturated rings. The Morgan fingerprint density at radius 3 is 2.40 bits per heavy atom. The quantitative estimate of drug-likeness (QED) is 0.658. The van der Waals surface area contributed by atoms with E-state index in [1.165, 1.54) is 23.3 Å². The van der Waals surface area contributed by atoms with Gasteiger partial charge >= 0.3 is 0 Å². The minimum Gasteiger partial charge on any atom is -0.481 e. The number of hydrogen-bond acceptors (Lipinski definition) is 5. The molecule has 0 saturated carbocycles. The normalized spacial score (nSPS) is 10.3. The number of carbonyl (C=O) groups excluding carboxylic acids is 2. The standard InChI is InChI=1S/C19H16N2O3S/c1-21(13-9-10-17(24-2)20-12-13)19(23)15-7-4-3-6-14(15)18(22)16-8-5-11-25-16/h3-12H,1-2H3. The lowest BCUT2D eigenvalue weighted by atomic mass is 10.0. The van der Waals surface area contributed by atoms with Gasteiger partial charge in [-0.25, -0.2) is 4.98 Å². The zero-order valence-corrected chi connectivity index (χ0v) is 14.6. The molecule has 2 aromatic heterocycles. The predicted molar refractivity (Wildman–Crippen MR) is 97.7 cm³/mol. The lowest BCUT2D eigenvalue weighted by Gasteiger charge is -2.18. The molecule has 0 atom stereocenters. The van der Waals surface area contributed by atoms with E-state index < -0.39 is 0 Å². The number of carbonyl (C=O) groups is 2. The fraction of sp³-hybridized carbons (Fsp3) is 0.105. The summed E-state index contributed by atoms with van der Waals surface area (Å²) >= 11 is 1.36. The van der Waals surface area contributed by atoms with Crippen LogP contribution in [0.3, 0.4) is 0 Å². The maximum absolute atomic E-state index is 12.9. The Bertz CT molecular complexity index is 889. The van der Waals surface area contributed by atoms with Crippen LogP contribution >= 0.6 is 11.3 Å². The van der Waals surface area contributed by atoms with Gasteiger partial charge in [0, 0.05) is 18.7 Å².